The van der Waals surface area contributed by atoms with Gasteiger partial charge in [0.2, 0.25) is 0 Å². The van der Waals surface area contributed by atoms with Crippen LogP contribution in [0.1, 0.15) is 25.0 Å². The Morgan fingerprint density at radius 3 is 2.65 bits per heavy atom. The fourth-order valence-corrected chi connectivity index (χ4v) is 3.98. The number of hydrogen-bond donors (Lipinski definition) is 1. The Morgan fingerprint density at radius 2 is 1.90 bits per heavy atom. The second kappa shape index (κ2) is 4.74. The molecule has 2 atom stereocenters. The number of hydrogen-bond acceptors (Lipinski definition) is 3. The van der Waals surface area contributed by atoms with Gasteiger partial charge in [-0.2, -0.15) is 0 Å². The number of aliphatic hydroxyl groups excluding tert-OH is 1. The molecule has 3 nitrogen and oxygen atoms in total. The molecule has 0 bridgehead atoms. The molecule has 1 aromatic carbocycles. The normalized spacial score (nSPS) is 25.4. The molecular formula is C17H20N2O. The van der Waals surface area contributed by atoms with Gasteiger partial charge in [0.25, 0.3) is 0 Å². The standard InChI is InChI=1S/C17H20N2O/c20-11-14-8-17(15-6-1-2-7-16(15)18-14)19-9-12-4-3-5-13(12)10-19/h1-2,6-8,12-13,20H,3-5,9-11H2. The molecule has 1 saturated carbocycles. The number of nitrogens with zero attached hydrogens (tertiary/aromatic N) is 2. The summed E-state index contributed by atoms with van der Waals surface area (Å²) in [5.41, 5.74) is 3.02. The lowest BCUT2D eigenvalue weighted by atomic mass is 10.0. The predicted octanol–water partition coefficient (Wildman–Crippen LogP) is 2.96. The quantitative estimate of drug-likeness (QED) is 0.909. The van der Waals surface area contributed by atoms with E-state index in [2.05, 4.69) is 28.1 Å². The van der Waals surface area contributed by atoms with E-state index in [9.17, 15) is 5.11 Å². The topological polar surface area (TPSA) is 36.4 Å². The Balaban J connectivity index is 1.78. The molecule has 2 aromatic rings. The molecule has 2 unspecified atom stereocenters. The fourth-order valence-electron chi connectivity index (χ4n) is 3.98. The highest BCUT2D eigenvalue weighted by molar-refractivity contribution is 5.92. The minimum atomic E-state index is 0.0124. The third-order valence-corrected chi connectivity index (χ3v) is 4.98. The summed E-state index contributed by atoms with van der Waals surface area (Å²) in [6, 6.07) is 10.3. The number of fused-ring (bicyclic) bond motifs is 2. The van der Waals surface area contributed by atoms with Gasteiger partial charge in [0.05, 0.1) is 17.8 Å². The first-order valence-corrected chi connectivity index (χ1v) is 7.59. The molecule has 0 radical (unpaired) electrons. The van der Waals surface area contributed by atoms with Crippen LogP contribution in [0.3, 0.4) is 0 Å². The van der Waals surface area contributed by atoms with E-state index in [0.717, 1.165) is 23.0 Å². The van der Waals surface area contributed by atoms with Crippen LogP contribution in [0.5, 0.6) is 0 Å². The molecule has 1 aliphatic carbocycles. The van der Waals surface area contributed by atoms with Crippen molar-refractivity contribution in [3.05, 3.63) is 36.0 Å². The molecule has 2 aliphatic rings. The SMILES string of the molecule is OCc1cc(N2CC3CCCC3C2)c2ccccc2n1. The second-order valence-electron chi connectivity index (χ2n) is 6.16. The third kappa shape index (κ3) is 1.88. The van der Waals surface area contributed by atoms with E-state index in [1.54, 1.807) is 0 Å². The summed E-state index contributed by atoms with van der Waals surface area (Å²) in [5, 5.41) is 10.7. The van der Waals surface area contributed by atoms with Crippen LogP contribution in [0.2, 0.25) is 0 Å². The molecule has 3 heteroatoms. The Hall–Kier alpha value is -1.61. The molecule has 104 valence electrons. The number of pyridine rings is 1. The van der Waals surface area contributed by atoms with Crippen LogP contribution in [0.15, 0.2) is 30.3 Å². The summed E-state index contributed by atoms with van der Waals surface area (Å²) in [4.78, 5) is 7.03. The minimum Gasteiger partial charge on any atom is -0.390 e. The Morgan fingerprint density at radius 1 is 1.15 bits per heavy atom. The van der Waals surface area contributed by atoms with Crippen LogP contribution in [0.4, 0.5) is 5.69 Å². The first-order chi connectivity index (χ1) is 9.85. The number of rotatable bonds is 2. The highest BCUT2D eigenvalue weighted by Crippen LogP contribution is 2.41. The number of benzene rings is 1. The molecule has 20 heavy (non-hydrogen) atoms. The van der Waals surface area contributed by atoms with Crippen molar-refractivity contribution in [3.63, 3.8) is 0 Å². The van der Waals surface area contributed by atoms with E-state index in [1.165, 1.54) is 43.4 Å². The van der Waals surface area contributed by atoms with E-state index in [1.807, 2.05) is 12.1 Å². The van der Waals surface area contributed by atoms with E-state index in [0.29, 0.717) is 0 Å². The molecular weight excluding hydrogens is 248 g/mol. The van der Waals surface area contributed by atoms with Crippen molar-refractivity contribution in [2.45, 2.75) is 25.9 Å². The average molecular weight is 268 g/mol. The van der Waals surface area contributed by atoms with Crippen LogP contribution in [0.25, 0.3) is 10.9 Å². The molecule has 1 aliphatic heterocycles. The fraction of sp³-hybridized carbons (Fsp3) is 0.471. The number of anilines is 1. The first kappa shape index (κ1) is 12.2. The number of para-hydroxylation sites is 1. The molecule has 0 spiro atoms. The maximum atomic E-state index is 9.44. The second-order valence-corrected chi connectivity index (χ2v) is 6.16. The van der Waals surface area contributed by atoms with Gasteiger partial charge in [-0.05, 0) is 36.8 Å². The van der Waals surface area contributed by atoms with Gasteiger partial charge >= 0.3 is 0 Å². The van der Waals surface area contributed by atoms with Crippen molar-refractivity contribution in [2.24, 2.45) is 11.8 Å². The van der Waals surface area contributed by atoms with Gasteiger partial charge in [-0.1, -0.05) is 24.6 Å². The lowest BCUT2D eigenvalue weighted by Gasteiger charge is -2.22. The molecule has 2 heterocycles. The highest BCUT2D eigenvalue weighted by atomic mass is 16.3. The maximum absolute atomic E-state index is 9.44. The first-order valence-electron chi connectivity index (χ1n) is 7.59. The third-order valence-electron chi connectivity index (χ3n) is 4.98. The molecule has 0 amide bonds. The summed E-state index contributed by atoms with van der Waals surface area (Å²) in [6.45, 7) is 2.35. The summed E-state index contributed by atoms with van der Waals surface area (Å²) < 4.78 is 0. The minimum absolute atomic E-state index is 0.0124. The summed E-state index contributed by atoms with van der Waals surface area (Å²) in [5.74, 6) is 1.75. The molecule has 1 aromatic heterocycles. The van der Waals surface area contributed by atoms with Crippen LogP contribution in [0, 0.1) is 11.8 Å². The van der Waals surface area contributed by atoms with Crippen LogP contribution < -0.4 is 4.90 Å². The van der Waals surface area contributed by atoms with Gasteiger partial charge in [0, 0.05) is 24.2 Å². The van der Waals surface area contributed by atoms with Crippen molar-refractivity contribution < 1.29 is 5.11 Å². The molecule has 2 fully saturated rings. The van der Waals surface area contributed by atoms with Crippen molar-refractivity contribution in [1.82, 2.24) is 4.98 Å². The van der Waals surface area contributed by atoms with Crippen molar-refractivity contribution >= 4 is 16.6 Å². The van der Waals surface area contributed by atoms with E-state index >= 15 is 0 Å². The summed E-state index contributed by atoms with van der Waals surface area (Å²) in [7, 11) is 0. The predicted molar refractivity (Wildman–Crippen MR) is 80.7 cm³/mol. The zero-order valence-electron chi connectivity index (χ0n) is 11.6. The molecule has 1 saturated heterocycles. The molecule has 1 N–H and O–H groups in total. The smallest absolute Gasteiger partial charge is 0.0854 e. The van der Waals surface area contributed by atoms with Gasteiger partial charge < -0.3 is 10.0 Å². The Labute approximate surface area is 119 Å². The van der Waals surface area contributed by atoms with Crippen molar-refractivity contribution in [1.29, 1.82) is 0 Å². The summed E-state index contributed by atoms with van der Waals surface area (Å²) >= 11 is 0. The van der Waals surface area contributed by atoms with Gasteiger partial charge in [-0.15, -0.1) is 0 Å². The lowest BCUT2D eigenvalue weighted by Crippen LogP contribution is -2.21. The number of aliphatic hydroxyl groups is 1. The summed E-state index contributed by atoms with van der Waals surface area (Å²) in [6.07, 6.45) is 4.18. The van der Waals surface area contributed by atoms with E-state index in [-0.39, 0.29) is 6.61 Å². The Kier molecular flexibility index (Phi) is 2.88. The van der Waals surface area contributed by atoms with Gasteiger partial charge in [-0.25, -0.2) is 0 Å². The average Bonchev–Trinajstić information content (AvgIpc) is 3.07. The highest BCUT2D eigenvalue weighted by Gasteiger charge is 2.36. The molecule has 4 rings (SSSR count). The Bertz CT molecular complexity index is 628. The maximum Gasteiger partial charge on any atom is 0.0854 e. The number of aromatic nitrogens is 1. The van der Waals surface area contributed by atoms with Crippen LogP contribution in [-0.4, -0.2) is 23.2 Å². The van der Waals surface area contributed by atoms with Crippen molar-refractivity contribution in [2.75, 3.05) is 18.0 Å². The lowest BCUT2D eigenvalue weighted by molar-refractivity contribution is 0.277. The van der Waals surface area contributed by atoms with E-state index in [4.69, 9.17) is 0 Å². The van der Waals surface area contributed by atoms with Crippen molar-refractivity contribution in [3.8, 4) is 0 Å². The monoisotopic (exact) mass is 268 g/mol. The van der Waals surface area contributed by atoms with Gasteiger partial charge in [0.15, 0.2) is 0 Å². The van der Waals surface area contributed by atoms with Crippen LogP contribution >= 0.6 is 0 Å². The largest absolute Gasteiger partial charge is 0.390 e. The zero-order valence-corrected chi connectivity index (χ0v) is 11.6. The van der Waals surface area contributed by atoms with Gasteiger partial charge in [0.1, 0.15) is 0 Å². The van der Waals surface area contributed by atoms with E-state index < -0.39 is 0 Å². The van der Waals surface area contributed by atoms with Gasteiger partial charge in [-0.3, -0.25) is 4.98 Å². The zero-order chi connectivity index (χ0) is 13.5. The van der Waals surface area contributed by atoms with Crippen LogP contribution in [-0.2, 0) is 6.61 Å².